The molecule has 0 aliphatic rings. The molecule has 0 atom stereocenters. The SMILES string of the molecule is CC(C)c1nn(-c2ccc([N+](=O)[O-])cc2)c(Cl)c1C(=O)O. The van der Waals surface area contributed by atoms with Gasteiger partial charge in [-0.05, 0) is 18.1 Å². The Morgan fingerprint density at radius 2 is 1.95 bits per heavy atom. The van der Waals surface area contributed by atoms with E-state index in [0.29, 0.717) is 11.4 Å². The smallest absolute Gasteiger partial charge is 0.340 e. The van der Waals surface area contributed by atoms with Crippen molar-refractivity contribution in [2.45, 2.75) is 19.8 Å². The monoisotopic (exact) mass is 309 g/mol. The molecule has 21 heavy (non-hydrogen) atoms. The van der Waals surface area contributed by atoms with Crippen LogP contribution >= 0.6 is 11.6 Å². The largest absolute Gasteiger partial charge is 0.478 e. The van der Waals surface area contributed by atoms with Gasteiger partial charge < -0.3 is 5.11 Å². The number of nitrogens with zero attached hydrogens (tertiary/aromatic N) is 3. The number of carboxylic acids is 1. The predicted molar refractivity (Wildman–Crippen MR) is 76.3 cm³/mol. The van der Waals surface area contributed by atoms with Crippen molar-refractivity contribution in [2.75, 3.05) is 0 Å². The van der Waals surface area contributed by atoms with Crippen molar-refractivity contribution in [3.8, 4) is 5.69 Å². The number of non-ortho nitro benzene ring substituents is 1. The second-order valence-electron chi connectivity index (χ2n) is 4.70. The molecule has 2 aromatic rings. The third-order valence-electron chi connectivity index (χ3n) is 2.92. The van der Waals surface area contributed by atoms with Gasteiger partial charge in [-0.3, -0.25) is 10.1 Å². The molecule has 1 aromatic carbocycles. The predicted octanol–water partition coefficient (Wildman–Crippen LogP) is 3.26. The first-order chi connectivity index (χ1) is 9.82. The van der Waals surface area contributed by atoms with Gasteiger partial charge in [0.2, 0.25) is 0 Å². The Labute approximate surface area is 124 Å². The van der Waals surface area contributed by atoms with E-state index in [4.69, 9.17) is 11.6 Å². The van der Waals surface area contributed by atoms with Gasteiger partial charge in [0, 0.05) is 12.1 Å². The van der Waals surface area contributed by atoms with Crippen LogP contribution in [0.3, 0.4) is 0 Å². The van der Waals surface area contributed by atoms with E-state index >= 15 is 0 Å². The van der Waals surface area contributed by atoms with Gasteiger partial charge >= 0.3 is 5.97 Å². The van der Waals surface area contributed by atoms with Crippen molar-refractivity contribution in [1.29, 1.82) is 0 Å². The number of hydrogen-bond donors (Lipinski definition) is 1. The number of nitro benzene ring substituents is 1. The Bertz CT molecular complexity index is 707. The van der Waals surface area contributed by atoms with Gasteiger partial charge in [0.15, 0.2) is 0 Å². The first kappa shape index (κ1) is 15.0. The molecule has 7 nitrogen and oxygen atoms in total. The minimum absolute atomic E-state index is 0.0277. The molecule has 8 heteroatoms. The number of carbonyl (C=O) groups is 1. The number of aromatic carboxylic acids is 1. The standard InChI is InChI=1S/C13H12ClN3O4/c1-7(2)11-10(13(18)19)12(14)16(15-11)8-3-5-9(6-4-8)17(20)21/h3-7H,1-2H3,(H,18,19). The van der Waals surface area contributed by atoms with Crippen LogP contribution in [-0.2, 0) is 0 Å². The molecule has 0 saturated heterocycles. The molecule has 1 N–H and O–H groups in total. The van der Waals surface area contributed by atoms with Gasteiger partial charge in [-0.1, -0.05) is 25.4 Å². The van der Waals surface area contributed by atoms with Gasteiger partial charge in [-0.25, -0.2) is 9.48 Å². The molecule has 2 rings (SSSR count). The van der Waals surface area contributed by atoms with Crippen molar-refractivity contribution in [2.24, 2.45) is 0 Å². The number of nitro groups is 1. The number of aromatic nitrogens is 2. The Kier molecular flexibility index (Phi) is 3.95. The van der Waals surface area contributed by atoms with Crippen molar-refractivity contribution in [3.05, 3.63) is 50.8 Å². The molecule has 0 aliphatic heterocycles. The second-order valence-corrected chi connectivity index (χ2v) is 5.05. The maximum Gasteiger partial charge on any atom is 0.340 e. The van der Waals surface area contributed by atoms with Crippen LogP contribution in [0.5, 0.6) is 0 Å². The van der Waals surface area contributed by atoms with Crippen LogP contribution in [-0.4, -0.2) is 25.8 Å². The van der Waals surface area contributed by atoms with E-state index < -0.39 is 10.9 Å². The molecule has 0 bridgehead atoms. The number of hydrogen-bond acceptors (Lipinski definition) is 4. The van der Waals surface area contributed by atoms with Crippen molar-refractivity contribution in [1.82, 2.24) is 9.78 Å². The van der Waals surface area contributed by atoms with Crippen LogP contribution in [0, 0.1) is 10.1 Å². The van der Waals surface area contributed by atoms with Gasteiger partial charge in [0.1, 0.15) is 10.7 Å². The van der Waals surface area contributed by atoms with Crippen LogP contribution in [0.25, 0.3) is 5.69 Å². The average molecular weight is 310 g/mol. The Hall–Kier alpha value is -2.41. The molecule has 110 valence electrons. The highest BCUT2D eigenvalue weighted by atomic mass is 35.5. The van der Waals surface area contributed by atoms with E-state index in [-0.39, 0.29) is 22.3 Å². The van der Waals surface area contributed by atoms with Crippen molar-refractivity contribution >= 4 is 23.3 Å². The first-order valence-electron chi connectivity index (χ1n) is 6.09. The summed E-state index contributed by atoms with van der Waals surface area (Å²) in [5.74, 6) is -1.27. The minimum Gasteiger partial charge on any atom is -0.478 e. The van der Waals surface area contributed by atoms with Crippen LogP contribution in [0.1, 0.15) is 35.8 Å². The van der Waals surface area contributed by atoms with E-state index in [1.807, 2.05) is 13.8 Å². The maximum absolute atomic E-state index is 11.3. The third kappa shape index (κ3) is 2.73. The molecular weight excluding hydrogens is 298 g/mol. The molecule has 0 saturated carbocycles. The summed E-state index contributed by atoms with van der Waals surface area (Å²) in [7, 11) is 0. The zero-order valence-corrected chi connectivity index (χ0v) is 12.0. The van der Waals surface area contributed by atoms with Crippen LogP contribution in [0.4, 0.5) is 5.69 Å². The molecule has 0 fully saturated rings. The average Bonchev–Trinajstić information content (AvgIpc) is 2.76. The summed E-state index contributed by atoms with van der Waals surface area (Å²) in [5, 5.41) is 24.1. The van der Waals surface area contributed by atoms with Crippen molar-refractivity contribution < 1.29 is 14.8 Å². The quantitative estimate of drug-likeness (QED) is 0.690. The summed E-state index contributed by atoms with van der Waals surface area (Å²) < 4.78 is 1.27. The molecule has 0 amide bonds. The topological polar surface area (TPSA) is 98.3 Å². The summed E-state index contributed by atoms with van der Waals surface area (Å²) in [6.45, 7) is 3.62. The van der Waals surface area contributed by atoms with Gasteiger partial charge in [0.05, 0.1) is 16.3 Å². The highest BCUT2D eigenvalue weighted by Gasteiger charge is 2.24. The lowest BCUT2D eigenvalue weighted by atomic mass is 10.1. The summed E-state index contributed by atoms with van der Waals surface area (Å²) in [6.07, 6.45) is 0. The molecule has 0 unspecified atom stereocenters. The van der Waals surface area contributed by atoms with Gasteiger partial charge in [0.25, 0.3) is 5.69 Å². The Morgan fingerprint density at radius 1 is 1.38 bits per heavy atom. The van der Waals surface area contributed by atoms with Crippen LogP contribution in [0.15, 0.2) is 24.3 Å². The fraction of sp³-hybridized carbons (Fsp3) is 0.231. The number of halogens is 1. The highest BCUT2D eigenvalue weighted by Crippen LogP contribution is 2.28. The zero-order valence-electron chi connectivity index (χ0n) is 11.3. The normalized spacial score (nSPS) is 10.9. The zero-order chi connectivity index (χ0) is 15.7. The molecule has 1 heterocycles. The van der Waals surface area contributed by atoms with Crippen molar-refractivity contribution in [3.63, 3.8) is 0 Å². The summed E-state index contributed by atoms with van der Waals surface area (Å²) in [5.41, 5.74) is 0.709. The second kappa shape index (κ2) is 5.53. The molecule has 1 aromatic heterocycles. The van der Waals surface area contributed by atoms with E-state index in [2.05, 4.69) is 5.10 Å². The highest BCUT2D eigenvalue weighted by molar-refractivity contribution is 6.33. The fourth-order valence-corrected chi connectivity index (χ4v) is 2.21. The maximum atomic E-state index is 11.3. The van der Waals surface area contributed by atoms with Crippen LogP contribution in [0.2, 0.25) is 5.15 Å². The lowest BCUT2D eigenvalue weighted by Gasteiger charge is -2.02. The van der Waals surface area contributed by atoms with Crippen LogP contribution < -0.4 is 0 Å². The Balaban J connectivity index is 2.56. The fourth-order valence-electron chi connectivity index (χ4n) is 1.90. The lowest BCUT2D eigenvalue weighted by molar-refractivity contribution is -0.384. The molecule has 0 aliphatic carbocycles. The molecular formula is C13H12ClN3O4. The van der Waals surface area contributed by atoms with E-state index in [0.717, 1.165) is 0 Å². The molecule has 0 radical (unpaired) electrons. The van der Waals surface area contributed by atoms with E-state index in [9.17, 15) is 20.0 Å². The summed E-state index contributed by atoms with van der Waals surface area (Å²) in [6, 6.07) is 5.55. The number of carboxylic acid groups (broad SMARTS) is 1. The van der Waals surface area contributed by atoms with E-state index in [1.54, 1.807) is 0 Å². The first-order valence-corrected chi connectivity index (χ1v) is 6.47. The lowest BCUT2D eigenvalue weighted by Crippen LogP contribution is -2.01. The molecule has 0 spiro atoms. The van der Waals surface area contributed by atoms with Gasteiger partial charge in [-0.15, -0.1) is 0 Å². The van der Waals surface area contributed by atoms with E-state index in [1.165, 1.54) is 28.9 Å². The number of benzene rings is 1. The summed E-state index contributed by atoms with van der Waals surface area (Å²) >= 11 is 6.09. The third-order valence-corrected chi connectivity index (χ3v) is 3.27. The summed E-state index contributed by atoms with van der Waals surface area (Å²) in [4.78, 5) is 21.4. The minimum atomic E-state index is -1.16. The van der Waals surface area contributed by atoms with Gasteiger partial charge in [-0.2, -0.15) is 5.10 Å². The Morgan fingerprint density at radius 3 is 2.33 bits per heavy atom. The number of rotatable bonds is 4.